The van der Waals surface area contributed by atoms with Crippen molar-refractivity contribution >= 4 is 5.91 Å². The number of carbonyl (C=O) groups excluding carboxylic acids is 1. The summed E-state index contributed by atoms with van der Waals surface area (Å²) in [5.41, 5.74) is 1.84. The van der Waals surface area contributed by atoms with Crippen molar-refractivity contribution in [1.29, 1.82) is 0 Å². The third-order valence-electron chi connectivity index (χ3n) is 4.97. The Kier molecular flexibility index (Phi) is 5.82. The van der Waals surface area contributed by atoms with E-state index in [1.807, 2.05) is 35.2 Å². The van der Waals surface area contributed by atoms with Gasteiger partial charge in [0, 0.05) is 13.1 Å². The number of hydrogen-bond acceptors (Lipinski definition) is 2. The molecule has 132 valence electrons. The lowest BCUT2D eigenvalue weighted by atomic mass is 9.88. The Labute approximate surface area is 148 Å². The van der Waals surface area contributed by atoms with Crippen molar-refractivity contribution < 1.29 is 14.3 Å². The van der Waals surface area contributed by atoms with Crippen molar-refractivity contribution in [3.8, 4) is 0 Å². The van der Waals surface area contributed by atoms with Crippen LogP contribution >= 0.6 is 0 Å². The summed E-state index contributed by atoms with van der Waals surface area (Å²) in [5.74, 6) is -0.0620. The van der Waals surface area contributed by atoms with E-state index in [1.165, 1.54) is 12.1 Å². The SMILES string of the molecule is O=C(Cc1cccc(F)c1)N1CCC([C@@H](O)Cc2ccccc2)CC1. The Hall–Kier alpha value is -2.20. The number of rotatable bonds is 5. The number of benzene rings is 2. The number of aliphatic hydroxyl groups excluding tert-OH is 1. The van der Waals surface area contributed by atoms with Crippen molar-refractivity contribution in [3.63, 3.8) is 0 Å². The summed E-state index contributed by atoms with van der Waals surface area (Å²) in [6, 6.07) is 16.2. The number of amides is 1. The van der Waals surface area contributed by atoms with Crippen LogP contribution in [0.5, 0.6) is 0 Å². The van der Waals surface area contributed by atoms with E-state index in [0.717, 1.165) is 18.4 Å². The number of aliphatic hydroxyl groups is 1. The summed E-state index contributed by atoms with van der Waals surface area (Å²) >= 11 is 0. The third kappa shape index (κ3) is 4.89. The molecule has 0 aromatic heterocycles. The van der Waals surface area contributed by atoms with Crippen molar-refractivity contribution in [2.75, 3.05) is 13.1 Å². The second-order valence-electron chi connectivity index (χ2n) is 6.78. The molecular formula is C21H24FNO2. The molecule has 3 nitrogen and oxygen atoms in total. The molecule has 0 radical (unpaired) electrons. The van der Waals surface area contributed by atoms with E-state index in [-0.39, 0.29) is 30.2 Å². The lowest BCUT2D eigenvalue weighted by Gasteiger charge is -2.34. The molecule has 3 rings (SSSR count). The summed E-state index contributed by atoms with van der Waals surface area (Å²) < 4.78 is 13.2. The first kappa shape index (κ1) is 17.6. The van der Waals surface area contributed by atoms with Crippen molar-refractivity contribution in [1.82, 2.24) is 4.90 Å². The zero-order valence-electron chi connectivity index (χ0n) is 14.3. The van der Waals surface area contributed by atoms with Crippen LogP contribution in [0.1, 0.15) is 24.0 Å². The summed E-state index contributed by atoms with van der Waals surface area (Å²) in [6.07, 6.45) is 2.13. The maximum Gasteiger partial charge on any atom is 0.226 e. The van der Waals surface area contributed by atoms with Crippen LogP contribution in [0.2, 0.25) is 0 Å². The van der Waals surface area contributed by atoms with Gasteiger partial charge in [-0.25, -0.2) is 4.39 Å². The molecule has 0 bridgehead atoms. The van der Waals surface area contributed by atoms with Gasteiger partial charge in [-0.1, -0.05) is 42.5 Å². The Balaban J connectivity index is 1.48. The average molecular weight is 341 g/mol. The predicted molar refractivity (Wildman–Crippen MR) is 95.6 cm³/mol. The number of hydrogen-bond donors (Lipinski definition) is 1. The van der Waals surface area contributed by atoms with Crippen LogP contribution in [-0.2, 0) is 17.6 Å². The molecule has 1 amide bonds. The van der Waals surface area contributed by atoms with Gasteiger partial charge in [0.2, 0.25) is 5.91 Å². The highest BCUT2D eigenvalue weighted by molar-refractivity contribution is 5.78. The molecule has 1 heterocycles. The lowest BCUT2D eigenvalue weighted by molar-refractivity contribution is -0.132. The van der Waals surface area contributed by atoms with Gasteiger partial charge in [-0.3, -0.25) is 4.79 Å². The molecule has 1 aliphatic rings. The van der Waals surface area contributed by atoms with Gasteiger partial charge in [0.05, 0.1) is 12.5 Å². The zero-order valence-corrected chi connectivity index (χ0v) is 14.3. The normalized spacial score (nSPS) is 16.6. The standard InChI is InChI=1S/C21H24FNO2/c22-19-8-4-7-17(13-19)15-21(25)23-11-9-18(10-12-23)20(24)14-16-5-2-1-3-6-16/h1-8,13,18,20,24H,9-12,14-15H2/t20-/m0/s1. The second kappa shape index (κ2) is 8.26. The van der Waals surface area contributed by atoms with Gasteiger partial charge in [-0.05, 0) is 48.4 Å². The molecule has 2 aromatic carbocycles. The summed E-state index contributed by atoms with van der Waals surface area (Å²) in [6.45, 7) is 1.31. The number of piperidine rings is 1. The quantitative estimate of drug-likeness (QED) is 0.907. The smallest absolute Gasteiger partial charge is 0.226 e. The monoisotopic (exact) mass is 341 g/mol. The topological polar surface area (TPSA) is 40.5 Å². The van der Waals surface area contributed by atoms with Crippen molar-refractivity contribution in [3.05, 3.63) is 71.5 Å². The van der Waals surface area contributed by atoms with Gasteiger partial charge in [0.25, 0.3) is 0 Å². The number of likely N-dealkylation sites (tertiary alicyclic amines) is 1. The van der Waals surface area contributed by atoms with Crippen LogP contribution < -0.4 is 0 Å². The summed E-state index contributed by atoms with van der Waals surface area (Å²) in [7, 11) is 0. The Morgan fingerprint density at radius 2 is 1.76 bits per heavy atom. The molecule has 2 aromatic rings. The van der Waals surface area contributed by atoms with Crippen LogP contribution in [0.15, 0.2) is 54.6 Å². The molecule has 0 spiro atoms. The molecule has 1 atom stereocenters. The van der Waals surface area contributed by atoms with Gasteiger partial charge in [0.15, 0.2) is 0 Å². The van der Waals surface area contributed by atoms with Crippen LogP contribution in [0.3, 0.4) is 0 Å². The second-order valence-corrected chi connectivity index (χ2v) is 6.78. The average Bonchev–Trinajstić information content (AvgIpc) is 2.62. The molecule has 0 unspecified atom stereocenters. The van der Waals surface area contributed by atoms with Crippen LogP contribution in [0, 0.1) is 11.7 Å². The molecule has 1 fully saturated rings. The Morgan fingerprint density at radius 1 is 1.08 bits per heavy atom. The predicted octanol–water partition coefficient (Wildman–Crippen LogP) is 3.21. The molecule has 0 aliphatic carbocycles. The largest absolute Gasteiger partial charge is 0.392 e. The molecule has 0 saturated carbocycles. The van der Waals surface area contributed by atoms with E-state index < -0.39 is 0 Å². The molecular weight excluding hydrogens is 317 g/mol. The van der Waals surface area contributed by atoms with Crippen LogP contribution in [0.4, 0.5) is 4.39 Å². The van der Waals surface area contributed by atoms with Gasteiger partial charge in [-0.15, -0.1) is 0 Å². The first-order valence-corrected chi connectivity index (χ1v) is 8.86. The first-order valence-electron chi connectivity index (χ1n) is 8.86. The Bertz CT molecular complexity index is 696. The fraction of sp³-hybridized carbons (Fsp3) is 0.381. The maximum absolute atomic E-state index is 13.2. The maximum atomic E-state index is 13.2. The van der Waals surface area contributed by atoms with Gasteiger partial charge >= 0.3 is 0 Å². The Morgan fingerprint density at radius 3 is 2.44 bits per heavy atom. The molecule has 1 saturated heterocycles. The van der Waals surface area contributed by atoms with E-state index in [2.05, 4.69) is 0 Å². The molecule has 1 aliphatic heterocycles. The molecule has 4 heteroatoms. The van der Waals surface area contributed by atoms with E-state index >= 15 is 0 Å². The third-order valence-corrected chi connectivity index (χ3v) is 4.97. The highest BCUT2D eigenvalue weighted by Crippen LogP contribution is 2.23. The van der Waals surface area contributed by atoms with E-state index in [1.54, 1.807) is 12.1 Å². The van der Waals surface area contributed by atoms with Crippen molar-refractivity contribution in [2.24, 2.45) is 5.92 Å². The lowest BCUT2D eigenvalue weighted by Crippen LogP contribution is -2.42. The fourth-order valence-corrected chi connectivity index (χ4v) is 3.49. The van der Waals surface area contributed by atoms with Crippen molar-refractivity contribution in [2.45, 2.75) is 31.8 Å². The number of nitrogens with zero attached hydrogens (tertiary/aromatic N) is 1. The minimum Gasteiger partial charge on any atom is -0.392 e. The highest BCUT2D eigenvalue weighted by atomic mass is 19.1. The molecule has 1 N–H and O–H groups in total. The zero-order chi connectivity index (χ0) is 17.6. The minimum absolute atomic E-state index is 0.0293. The summed E-state index contributed by atoms with van der Waals surface area (Å²) in [4.78, 5) is 14.2. The minimum atomic E-state index is -0.372. The van der Waals surface area contributed by atoms with Gasteiger partial charge in [-0.2, -0.15) is 0 Å². The first-order chi connectivity index (χ1) is 12.1. The molecule has 25 heavy (non-hydrogen) atoms. The van der Waals surface area contributed by atoms with Crippen LogP contribution in [-0.4, -0.2) is 35.1 Å². The van der Waals surface area contributed by atoms with Gasteiger partial charge < -0.3 is 10.0 Å². The van der Waals surface area contributed by atoms with E-state index in [4.69, 9.17) is 0 Å². The summed E-state index contributed by atoms with van der Waals surface area (Å²) in [5, 5.41) is 10.5. The van der Waals surface area contributed by atoms with Gasteiger partial charge in [0.1, 0.15) is 5.82 Å². The highest BCUT2D eigenvalue weighted by Gasteiger charge is 2.27. The number of halogens is 1. The van der Waals surface area contributed by atoms with E-state index in [0.29, 0.717) is 25.1 Å². The number of carbonyl (C=O) groups is 1. The van der Waals surface area contributed by atoms with E-state index in [9.17, 15) is 14.3 Å². The van der Waals surface area contributed by atoms with Crippen LogP contribution in [0.25, 0.3) is 0 Å². The fourth-order valence-electron chi connectivity index (χ4n) is 3.49.